The van der Waals surface area contributed by atoms with E-state index in [-0.39, 0.29) is 0 Å². The number of aliphatic hydroxyl groups is 2. The van der Waals surface area contributed by atoms with Crippen LogP contribution in [0.25, 0.3) is 0 Å². The van der Waals surface area contributed by atoms with Gasteiger partial charge in [-0.3, -0.25) is 0 Å². The van der Waals surface area contributed by atoms with Crippen molar-refractivity contribution in [2.45, 2.75) is 35.8 Å². The molecule has 5 heteroatoms. The summed E-state index contributed by atoms with van der Waals surface area (Å²) in [6.07, 6.45) is 9.74. The van der Waals surface area contributed by atoms with E-state index in [1.165, 1.54) is 0 Å². The van der Waals surface area contributed by atoms with Gasteiger partial charge in [-0.1, -0.05) is 0 Å². The van der Waals surface area contributed by atoms with E-state index in [0.717, 1.165) is 0 Å². The SMILES string of the molecule is CC1(O)C=CC(OC2=CC(Cl)C(C)(O)C=C2)=CC1Cl. The maximum Gasteiger partial charge on any atom is 0.124 e. The summed E-state index contributed by atoms with van der Waals surface area (Å²) in [6.45, 7) is 3.25. The lowest BCUT2D eigenvalue weighted by molar-refractivity contribution is 0.112. The minimum Gasteiger partial charge on any atom is -0.458 e. The van der Waals surface area contributed by atoms with Gasteiger partial charge in [-0.15, -0.1) is 23.2 Å². The third kappa shape index (κ3) is 3.23. The van der Waals surface area contributed by atoms with Gasteiger partial charge in [0.05, 0.1) is 10.8 Å². The molecule has 0 amide bonds. The van der Waals surface area contributed by atoms with Crippen molar-refractivity contribution >= 4 is 23.2 Å². The molecule has 0 aromatic heterocycles. The molecule has 0 saturated carbocycles. The summed E-state index contributed by atoms with van der Waals surface area (Å²) in [7, 11) is 0. The van der Waals surface area contributed by atoms with Gasteiger partial charge in [-0.25, -0.2) is 0 Å². The number of allylic oxidation sites excluding steroid dienone is 2. The van der Waals surface area contributed by atoms with Crippen molar-refractivity contribution in [3.8, 4) is 0 Å². The lowest BCUT2D eigenvalue weighted by atomic mass is 9.96. The Bertz CT molecular complexity index is 443. The second-order valence-corrected chi connectivity index (χ2v) is 6.10. The zero-order chi connectivity index (χ0) is 14.3. The van der Waals surface area contributed by atoms with E-state index >= 15 is 0 Å². The van der Waals surface area contributed by atoms with Crippen molar-refractivity contribution < 1.29 is 14.9 Å². The topological polar surface area (TPSA) is 49.7 Å². The summed E-state index contributed by atoms with van der Waals surface area (Å²) < 4.78 is 5.62. The van der Waals surface area contributed by atoms with Crippen molar-refractivity contribution in [2.75, 3.05) is 0 Å². The van der Waals surface area contributed by atoms with Crippen LogP contribution in [0, 0.1) is 0 Å². The Labute approximate surface area is 122 Å². The smallest absolute Gasteiger partial charge is 0.124 e. The maximum absolute atomic E-state index is 9.88. The van der Waals surface area contributed by atoms with Gasteiger partial charge < -0.3 is 14.9 Å². The second-order valence-electron chi connectivity index (χ2n) is 5.16. The highest BCUT2D eigenvalue weighted by Crippen LogP contribution is 2.30. The number of rotatable bonds is 2. The molecule has 0 aromatic rings. The first kappa shape index (κ1) is 14.7. The maximum atomic E-state index is 9.88. The highest BCUT2D eigenvalue weighted by molar-refractivity contribution is 6.23. The molecule has 0 aromatic carbocycles. The van der Waals surface area contributed by atoms with Crippen LogP contribution in [-0.4, -0.2) is 32.2 Å². The van der Waals surface area contributed by atoms with E-state index < -0.39 is 22.0 Å². The van der Waals surface area contributed by atoms with Gasteiger partial charge in [0, 0.05) is 0 Å². The van der Waals surface area contributed by atoms with Gasteiger partial charge in [-0.05, 0) is 50.3 Å². The summed E-state index contributed by atoms with van der Waals surface area (Å²) >= 11 is 12.1. The van der Waals surface area contributed by atoms with Gasteiger partial charge in [0.25, 0.3) is 0 Å². The summed E-state index contributed by atoms with van der Waals surface area (Å²) in [5.41, 5.74) is -2.16. The fourth-order valence-electron chi connectivity index (χ4n) is 1.69. The quantitative estimate of drug-likeness (QED) is 0.771. The molecule has 0 spiro atoms. The van der Waals surface area contributed by atoms with Crippen LogP contribution >= 0.6 is 23.2 Å². The molecule has 2 rings (SSSR count). The van der Waals surface area contributed by atoms with Gasteiger partial charge in [0.2, 0.25) is 0 Å². The lowest BCUT2D eigenvalue weighted by Gasteiger charge is -2.29. The molecule has 0 heterocycles. The largest absolute Gasteiger partial charge is 0.458 e. The van der Waals surface area contributed by atoms with E-state index in [4.69, 9.17) is 27.9 Å². The summed E-state index contributed by atoms with van der Waals surface area (Å²) in [5, 5.41) is 18.6. The Morgan fingerprint density at radius 3 is 1.63 bits per heavy atom. The Morgan fingerprint density at radius 2 is 1.32 bits per heavy atom. The molecule has 0 bridgehead atoms. The third-order valence-electron chi connectivity index (χ3n) is 3.14. The first-order valence-electron chi connectivity index (χ1n) is 5.93. The zero-order valence-electron chi connectivity index (χ0n) is 10.7. The van der Waals surface area contributed by atoms with Crippen molar-refractivity contribution in [3.63, 3.8) is 0 Å². The van der Waals surface area contributed by atoms with E-state index in [1.807, 2.05) is 0 Å². The standard InChI is InChI=1S/C14H16Cl2O3/c1-13(17)5-3-9(7-11(13)15)19-10-4-6-14(2,18)12(16)8-10/h3-8,11-12,17-18H,1-2H3. The van der Waals surface area contributed by atoms with Crippen LogP contribution in [0.3, 0.4) is 0 Å². The van der Waals surface area contributed by atoms with Crippen LogP contribution in [0.15, 0.2) is 48.0 Å². The highest BCUT2D eigenvalue weighted by atomic mass is 35.5. The molecule has 4 unspecified atom stereocenters. The molecule has 0 radical (unpaired) electrons. The Morgan fingerprint density at radius 1 is 0.947 bits per heavy atom. The van der Waals surface area contributed by atoms with E-state index in [0.29, 0.717) is 11.5 Å². The van der Waals surface area contributed by atoms with Gasteiger partial charge in [0.15, 0.2) is 0 Å². The van der Waals surface area contributed by atoms with Crippen LogP contribution in [0.1, 0.15) is 13.8 Å². The number of hydrogen-bond acceptors (Lipinski definition) is 3. The van der Waals surface area contributed by atoms with Crippen LogP contribution in [0.4, 0.5) is 0 Å². The number of hydrogen-bond donors (Lipinski definition) is 2. The average molecular weight is 303 g/mol. The van der Waals surface area contributed by atoms with Crippen LogP contribution in [-0.2, 0) is 4.74 Å². The fourth-order valence-corrected chi connectivity index (χ4v) is 2.09. The Kier molecular flexibility index (Phi) is 3.85. The summed E-state index contributed by atoms with van der Waals surface area (Å²) in [6, 6.07) is 0. The summed E-state index contributed by atoms with van der Waals surface area (Å²) in [4.78, 5) is 0. The fraction of sp³-hybridized carbons (Fsp3) is 0.429. The predicted molar refractivity (Wildman–Crippen MR) is 76.1 cm³/mol. The van der Waals surface area contributed by atoms with E-state index in [1.54, 1.807) is 50.3 Å². The Balaban J connectivity index is 2.09. The first-order valence-corrected chi connectivity index (χ1v) is 6.81. The Hall–Kier alpha value is -0.740. The molecule has 4 atom stereocenters. The van der Waals surface area contributed by atoms with Gasteiger partial charge in [-0.2, -0.15) is 0 Å². The van der Waals surface area contributed by atoms with Crippen LogP contribution in [0.2, 0.25) is 0 Å². The van der Waals surface area contributed by atoms with Crippen LogP contribution < -0.4 is 0 Å². The zero-order valence-corrected chi connectivity index (χ0v) is 12.2. The predicted octanol–water partition coefficient (Wildman–Crippen LogP) is 2.63. The molecule has 19 heavy (non-hydrogen) atoms. The first-order chi connectivity index (χ1) is 8.71. The van der Waals surface area contributed by atoms with Crippen LogP contribution in [0.5, 0.6) is 0 Å². The molecular weight excluding hydrogens is 287 g/mol. The molecule has 2 aliphatic rings. The minimum absolute atomic E-state index is 0.535. The van der Waals surface area contributed by atoms with Crippen molar-refractivity contribution in [2.24, 2.45) is 0 Å². The van der Waals surface area contributed by atoms with Gasteiger partial charge in [0.1, 0.15) is 22.7 Å². The number of halogens is 2. The summed E-state index contributed by atoms with van der Waals surface area (Å²) in [5.74, 6) is 1.07. The molecule has 3 nitrogen and oxygen atoms in total. The number of alkyl halides is 2. The second kappa shape index (κ2) is 4.98. The third-order valence-corrected chi connectivity index (χ3v) is 4.28. The van der Waals surface area contributed by atoms with Crippen molar-refractivity contribution in [3.05, 3.63) is 48.0 Å². The van der Waals surface area contributed by atoms with Crippen molar-refractivity contribution in [1.29, 1.82) is 0 Å². The van der Waals surface area contributed by atoms with E-state index in [9.17, 15) is 10.2 Å². The molecule has 2 aliphatic carbocycles. The van der Waals surface area contributed by atoms with Gasteiger partial charge >= 0.3 is 0 Å². The van der Waals surface area contributed by atoms with Crippen molar-refractivity contribution in [1.82, 2.24) is 0 Å². The van der Waals surface area contributed by atoms with E-state index in [2.05, 4.69) is 0 Å². The molecule has 104 valence electrons. The number of ether oxygens (including phenoxy) is 1. The normalized spacial score (nSPS) is 41.8. The molecule has 2 N–H and O–H groups in total. The minimum atomic E-state index is -1.08. The monoisotopic (exact) mass is 302 g/mol. The lowest BCUT2D eigenvalue weighted by Crippen LogP contribution is -2.35. The molecular formula is C14H16Cl2O3. The average Bonchev–Trinajstić information content (AvgIpc) is 2.30. The molecule has 0 saturated heterocycles. The molecule has 0 aliphatic heterocycles. The highest BCUT2D eigenvalue weighted by Gasteiger charge is 2.31. The molecule has 0 fully saturated rings.